The molecule has 1 aromatic carbocycles. The van der Waals surface area contributed by atoms with Crippen LogP contribution < -0.4 is 10.7 Å². The van der Waals surface area contributed by atoms with E-state index in [1.165, 1.54) is 12.1 Å². The molecule has 9 nitrogen and oxygen atoms in total. The third kappa shape index (κ3) is 3.97. The Balaban J connectivity index is 2.02. The van der Waals surface area contributed by atoms with E-state index in [1.54, 1.807) is 24.0 Å². The van der Waals surface area contributed by atoms with Gasteiger partial charge in [-0.25, -0.2) is 13.4 Å². The number of hydrogen-bond acceptors (Lipinski definition) is 6. The van der Waals surface area contributed by atoms with E-state index in [2.05, 4.69) is 20.9 Å². The minimum Gasteiger partial charge on any atom is -0.299 e. The minimum atomic E-state index is -4.08. The van der Waals surface area contributed by atoms with Gasteiger partial charge in [0.2, 0.25) is 0 Å². The molecule has 1 atom stereocenters. The van der Waals surface area contributed by atoms with E-state index in [-0.39, 0.29) is 16.5 Å². The number of pyridine rings is 1. The zero-order valence-electron chi connectivity index (χ0n) is 14.6. The number of aromatic nitrogens is 2. The summed E-state index contributed by atoms with van der Waals surface area (Å²) in [5.41, 5.74) is 1.61. The Bertz CT molecular complexity index is 1190. The van der Waals surface area contributed by atoms with Gasteiger partial charge in [0.05, 0.1) is 21.7 Å². The molecule has 146 valence electrons. The number of allylic oxidation sites excluding steroid dienone is 1. The van der Waals surface area contributed by atoms with Crippen LogP contribution in [0.3, 0.4) is 0 Å². The fourth-order valence-corrected chi connectivity index (χ4v) is 4.06. The summed E-state index contributed by atoms with van der Waals surface area (Å²) in [4.78, 5) is 16.2. The van der Waals surface area contributed by atoms with Gasteiger partial charge in [0, 0.05) is 28.7 Å². The van der Waals surface area contributed by atoms with Gasteiger partial charge in [0.25, 0.3) is 15.7 Å². The van der Waals surface area contributed by atoms with E-state index in [1.807, 2.05) is 28.8 Å². The molecule has 3 N–H and O–H groups in total. The van der Waals surface area contributed by atoms with Crippen LogP contribution in [0.1, 0.15) is 24.1 Å². The first-order valence-electron chi connectivity index (χ1n) is 8.04. The van der Waals surface area contributed by atoms with Crippen molar-refractivity contribution in [3.05, 3.63) is 74.6 Å². The average Bonchev–Trinajstić information content (AvgIpc) is 3.07. The summed E-state index contributed by atoms with van der Waals surface area (Å²) in [6.07, 6.45) is 7.17. The van der Waals surface area contributed by atoms with Crippen molar-refractivity contribution in [3.63, 3.8) is 0 Å². The molecule has 11 heteroatoms. The third-order valence-corrected chi connectivity index (χ3v) is 5.91. The minimum absolute atomic E-state index is 0.234. The summed E-state index contributed by atoms with van der Waals surface area (Å²) >= 11 is 3.41. The fraction of sp³-hybridized carbons (Fsp3) is 0.118. The lowest BCUT2D eigenvalue weighted by Crippen LogP contribution is -2.31. The molecule has 0 aliphatic carbocycles. The Labute approximate surface area is 169 Å². The van der Waals surface area contributed by atoms with Crippen LogP contribution in [0.15, 0.2) is 58.2 Å². The Hall–Kier alpha value is -2.60. The topological polar surface area (TPSA) is 133 Å². The number of sulfonamides is 1. The molecule has 3 rings (SSSR count). The van der Waals surface area contributed by atoms with Gasteiger partial charge in [-0.2, -0.15) is 4.83 Å². The van der Waals surface area contributed by atoms with Gasteiger partial charge < -0.3 is 0 Å². The van der Waals surface area contributed by atoms with Crippen molar-refractivity contribution < 1.29 is 13.3 Å². The second-order valence-corrected chi connectivity index (χ2v) is 8.60. The maximum absolute atomic E-state index is 12.2. The molecule has 28 heavy (non-hydrogen) atoms. The monoisotopic (exact) mass is 465 g/mol. The summed E-state index contributed by atoms with van der Waals surface area (Å²) < 4.78 is 27.3. The molecular weight excluding hydrogens is 450 g/mol. The maximum Gasteiger partial charge on any atom is 0.270 e. The second kappa shape index (κ2) is 7.80. The molecule has 0 aliphatic heterocycles. The van der Waals surface area contributed by atoms with Crippen LogP contribution >= 0.6 is 15.9 Å². The molecule has 0 radical (unpaired) electrons. The predicted octanol–water partition coefficient (Wildman–Crippen LogP) is 2.97. The molecule has 0 saturated heterocycles. The highest BCUT2D eigenvalue weighted by molar-refractivity contribution is 9.10. The molecule has 2 aromatic heterocycles. The number of non-ortho nitro benzene ring substituents is 1. The summed E-state index contributed by atoms with van der Waals surface area (Å²) in [7, 11) is -4.08. The van der Waals surface area contributed by atoms with Gasteiger partial charge in [0.15, 0.2) is 0 Å². The zero-order valence-corrected chi connectivity index (χ0v) is 17.0. The second-order valence-electron chi connectivity index (χ2n) is 6.01. The summed E-state index contributed by atoms with van der Waals surface area (Å²) in [6.45, 7) is 1.78. The van der Waals surface area contributed by atoms with Crippen LogP contribution in [0.25, 0.3) is 11.7 Å². The van der Waals surface area contributed by atoms with E-state index in [4.69, 9.17) is 5.84 Å². The Morgan fingerprint density at radius 1 is 1.36 bits per heavy atom. The average molecular weight is 466 g/mol. The van der Waals surface area contributed by atoms with Gasteiger partial charge in [-0.3, -0.25) is 20.4 Å². The molecule has 0 spiro atoms. The standard InChI is InChI=1S/C17H16BrN5O4S/c1-11(2-4-14-9-20-17-7-3-12(18)10-22(14)17)15-6-5-13(23(24)25)8-16(15)28(26,27)21-19/h2-11,21H,19H2,1H3. The number of rotatable bonds is 6. The first kappa shape index (κ1) is 20.1. The number of nitro groups is 1. The molecule has 2 heterocycles. The van der Waals surface area contributed by atoms with Crippen molar-refractivity contribution in [1.29, 1.82) is 0 Å². The van der Waals surface area contributed by atoms with Gasteiger partial charge in [-0.15, -0.1) is 0 Å². The number of imidazole rings is 1. The molecule has 0 fully saturated rings. The predicted molar refractivity (Wildman–Crippen MR) is 108 cm³/mol. The van der Waals surface area contributed by atoms with Gasteiger partial charge in [-0.05, 0) is 39.7 Å². The van der Waals surface area contributed by atoms with Crippen molar-refractivity contribution >= 4 is 43.4 Å². The lowest BCUT2D eigenvalue weighted by atomic mass is 10.00. The van der Waals surface area contributed by atoms with Crippen LogP contribution in [-0.2, 0) is 10.0 Å². The lowest BCUT2D eigenvalue weighted by molar-refractivity contribution is -0.385. The molecule has 0 saturated carbocycles. The molecule has 0 bridgehead atoms. The highest BCUT2D eigenvalue weighted by atomic mass is 79.9. The van der Waals surface area contributed by atoms with Crippen LogP contribution in [0.5, 0.6) is 0 Å². The first-order valence-corrected chi connectivity index (χ1v) is 10.3. The Kier molecular flexibility index (Phi) is 5.61. The number of fused-ring (bicyclic) bond motifs is 1. The highest BCUT2D eigenvalue weighted by Gasteiger charge is 2.23. The summed E-state index contributed by atoms with van der Waals surface area (Å²) in [6, 6.07) is 7.42. The van der Waals surface area contributed by atoms with E-state index >= 15 is 0 Å². The maximum atomic E-state index is 12.2. The van der Waals surface area contributed by atoms with Crippen molar-refractivity contribution in [2.24, 2.45) is 5.84 Å². The summed E-state index contributed by atoms with van der Waals surface area (Å²) in [5.74, 6) is 4.75. The van der Waals surface area contributed by atoms with Crippen LogP contribution in [0.4, 0.5) is 5.69 Å². The third-order valence-electron chi connectivity index (χ3n) is 4.20. The molecule has 3 aromatic rings. The number of nitrogens with two attached hydrogens (primary N) is 1. The van der Waals surface area contributed by atoms with Crippen molar-refractivity contribution in [1.82, 2.24) is 14.2 Å². The van der Waals surface area contributed by atoms with Gasteiger partial charge in [0.1, 0.15) is 5.65 Å². The molecule has 0 aliphatic rings. The SMILES string of the molecule is CC(C=Cc1cnc2ccc(Br)cn12)c1ccc([N+](=O)[O-])cc1S(=O)(=O)NN. The smallest absolute Gasteiger partial charge is 0.270 e. The Morgan fingerprint density at radius 2 is 2.11 bits per heavy atom. The van der Waals surface area contributed by atoms with Crippen LogP contribution in [0, 0.1) is 10.1 Å². The number of nitrogens with one attached hydrogen (secondary N) is 1. The number of benzene rings is 1. The number of hydrazine groups is 1. The summed E-state index contributed by atoms with van der Waals surface area (Å²) in [5, 5.41) is 11.0. The van der Waals surface area contributed by atoms with E-state index in [9.17, 15) is 18.5 Å². The molecular formula is C17H16BrN5O4S. The van der Waals surface area contributed by atoms with E-state index in [0.29, 0.717) is 5.56 Å². The number of halogens is 1. The first-order chi connectivity index (χ1) is 13.2. The highest BCUT2D eigenvalue weighted by Crippen LogP contribution is 2.29. The van der Waals surface area contributed by atoms with Gasteiger partial charge >= 0.3 is 0 Å². The fourth-order valence-electron chi connectivity index (χ4n) is 2.75. The zero-order chi connectivity index (χ0) is 20.5. The van der Waals surface area contributed by atoms with Crippen molar-refractivity contribution in [2.45, 2.75) is 17.7 Å². The van der Waals surface area contributed by atoms with Crippen molar-refractivity contribution in [2.75, 3.05) is 0 Å². The number of hydrogen-bond donors (Lipinski definition) is 2. The largest absolute Gasteiger partial charge is 0.299 e. The van der Waals surface area contributed by atoms with Crippen LogP contribution in [0.2, 0.25) is 0 Å². The molecule has 1 unspecified atom stereocenters. The van der Waals surface area contributed by atoms with E-state index < -0.39 is 14.9 Å². The van der Waals surface area contributed by atoms with Gasteiger partial charge in [-0.1, -0.05) is 19.1 Å². The number of nitrogens with zero attached hydrogens (tertiary/aromatic N) is 3. The normalized spacial score (nSPS) is 13.2. The van der Waals surface area contributed by atoms with E-state index in [0.717, 1.165) is 21.9 Å². The van der Waals surface area contributed by atoms with Crippen LogP contribution in [-0.4, -0.2) is 22.7 Å². The van der Waals surface area contributed by atoms with Crippen molar-refractivity contribution in [3.8, 4) is 0 Å². The number of nitro benzene ring substituents is 1. The Morgan fingerprint density at radius 3 is 2.79 bits per heavy atom. The quantitative estimate of drug-likeness (QED) is 0.326. The lowest BCUT2D eigenvalue weighted by Gasteiger charge is -2.13. The molecule has 0 amide bonds.